The van der Waals surface area contributed by atoms with E-state index in [1.54, 1.807) is 13.2 Å². The Kier molecular flexibility index (Phi) is 3.65. The van der Waals surface area contributed by atoms with Crippen LogP contribution in [0.2, 0.25) is 0 Å². The number of hydrogen-bond donors (Lipinski definition) is 0. The van der Waals surface area contributed by atoms with Crippen LogP contribution in [0.3, 0.4) is 0 Å². The second kappa shape index (κ2) is 5.22. The number of carbonyl (C=O) groups excluding carboxylic acids is 1. The molecule has 2 nitrogen and oxygen atoms in total. The molecule has 0 fully saturated rings. The molecule has 2 rings (SSSR count). The van der Waals surface area contributed by atoms with Crippen molar-refractivity contribution >= 4 is 6.29 Å². The molecule has 0 N–H and O–H groups in total. The maximum Gasteiger partial charge on any atom is 0.150 e. The number of halogens is 1. The lowest BCUT2D eigenvalue weighted by Gasteiger charge is -2.14. The summed E-state index contributed by atoms with van der Waals surface area (Å²) in [5.74, 6) is 0.266. The van der Waals surface area contributed by atoms with Gasteiger partial charge in [-0.1, -0.05) is 12.1 Å². The number of aryl methyl sites for hydroxylation is 2. The summed E-state index contributed by atoms with van der Waals surface area (Å²) in [6, 6.07) is 8.11. The first-order chi connectivity index (χ1) is 9.06. The van der Waals surface area contributed by atoms with Gasteiger partial charge in [0.15, 0.2) is 6.29 Å². The van der Waals surface area contributed by atoms with E-state index >= 15 is 0 Å². The van der Waals surface area contributed by atoms with Crippen LogP contribution in [0.1, 0.15) is 21.5 Å². The number of rotatable bonds is 3. The van der Waals surface area contributed by atoms with Crippen LogP contribution in [-0.2, 0) is 0 Å². The average molecular weight is 258 g/mol. The van der Waals surface area contributed by atoms with E-state index < -0.39 is 5.82 Å². The van der Waals surface area contributed by atoms with E-state index in [0.717, 1.165) is 16.7 Å². The molecule has 0 unspecified atom stereocenters. The molecule has 19 heavy (non-hydrogen) atoms. The highest BCUT2D eigenvalue weighted by molar-refractivity contribution is 5.90. The van der Waals surface area contributed by atoms with Crippen LogP contribution in [0.4, 0.5) is 4.39 Å². The van der Waals surface area contributed by atoms with Gasteiger partial charge < -0.3 is 4.74 Å². The fourth-order valence-electron chi connectivity index (χ4n) is 2.29. The van der Waals surface area contributed by atoms with Crippen molar-refractivity contribution in [3.8, 4) is 16.9 Å². The minimum Gasteiger partial charge on any atom is -0.496 e. The molecule has 2 aromatic carbocycles. The molecule has 0 saturated carbocycles. The summed E-state index contributed by atoms with van der Waals surface area (Å²) in [7, 11) is 1.59. The Labute approximate surface area is 111 Å². The molecular formula is C16H15FO2. The topological polar surface area (TPSA) is 26.3 Å². The van der Waals surface area contributed by atoms with Gasteiger partial charge in [-0.15, -0.1) is 0 Å². The van der Waals surface area contributed by atoms with E-state index in [9.17, 15) is 9.18 Å². The van der Waals surface area contributed by atoms with Crippen molar-refractivity contribution in [2.24, 2.45) is 0 Å². The largest absolute Gasteiger partial charge is 0.496 e. The molecule has 0 aromatic heterocycles. The second-order valence-corrected chi connectivity index (χ2v) is 4.51. The van der Waals surface area contributed by atoms with Gasteiger partial charge in [0, 0.05) is 11.1 Å². The van der Waals surface area contributed by atoms with Gasteiger partial charge in [-0.05, 0) is 48.7 Å². The minimum absolute atomic E-state index is 0.324. The Morgan fingerprint density at radius 3 is 2.53 bits per heavy atom. The summed E-state index contributed by atoms with van der Waals surface area (Å²) in [5, 5.41) is 0. The lowest BCUT2D eigenvalue weighted by atomic mass is 9.94. The highest BCUT2D eigenvalue weighted by atomic mass is 19.1. The molecule has 0 aliphatic rings. The molecule has 2 aromatic rings. The molecule has 0 aliphatic heterocycles. The van der Waals surface area contributed by atoms with Gasteiger partial charge in [0.05, 0.1) is 7.11 Å². The van der Waals surface area contributed by atoms with Gasteiger partial charge in [0.25, 0.3) is 0 Å². The first-order valence-corrected chi connectivity index (χ1v) is 5.97. The van der Waals surface area contributed by atoms with Gasteiger partial charge in [-0.2, -0.15) is 0 Å². The number of benzene rings is 2. The smallest absolute Gasteiger partial charge is 0.150 e. The number of methoxy groups -OCH3 is 1. The highest BCUT2D eigenvalue weighted by Crippen LogP contribution is 2.36. The zero-order valence-corrected chi connectivity index (χ0v) is 11.2. The Hall–Kier alpha value is -2.16. The van der Waals surface area contributed by atoms with Gasteiger partial charge in [-0.25, -0.2) is 4.39 Å². The molecule has 0 spiro atoms. The summed E-state index contributed by atoms with van der Waals surface area (Å²) < 4.78 is 18.6. The van der Waals surface area contributed by atoms with Gasteiger partial charge in [-0.3, -0.25) is 4.79 Å². The van der Waals surface area contributed by atoms with E-state index in [2.05, 4.69) is 0 Å². The second-order valence-electron chi connectivity index (χ2n) is 4.51. The molecule has 0 radical (unpaired) electrons. The number of hydrogen-bond acceptors (Lipinski definition) is 2. The SMILES string of the molecule is COc1cc(C)cc(C)c1-c1ccc(F)cc1C=O. The first kappa shape index (κ1) is 13.3. The molecule has 0 saturated heterocycles. The summed E-state index contributed by atoms with van der Waals surface area (Å²) in [5.41, 5.74) is 3.91. The Balaban J connectivity index is 2.75. The zero-order chi connectivity index (χ0) is 14.0. The number of carbonyl (C=O) groups is 1. The molecule has 0 atom stereocenters. The predicted octanol–water partition coefficient (Wildman–Crippen LogP) is 3.93. The molecular weight excluding hydrogens is 243 g/mol. The van der Waals surface area contributed by atoms with Crippen LogP contribution >= 0.6 is 0 Å². The monoisotopic (exact) mass is 258 g/mol. The maximum atomic E-state index is 13.2. The van der Waals surface area contributed by atoms with Crippen LogP contribution in [0.15, 0.2) is 30.3 Å². The summed E-state index contributed by atoms with van der Waals surface area (Å²) >= 11 is 0. The van der Waals surface area contributed by atoms with Crippen LogP contribution in [0.5, 0.6) is 5.75 Å². The third-order valence-electron chi connectivity index (χ3n) is 3.07. The van der Waals surface area contributed by atoms with Crippen molar-refractivity contribution in [2.75, 3.05) is 7.11 Å². The quantitative estimate of drug-likeness (QED) is 0.780. The summed E-state index contributed by atoms with van der Waals surface area (Å²) in [6.45, 7) is 3.92. The summed E-state index contributed by atoms with van der Waals surface area (Å²) in [6.07, 6.45) is 0.664. The van der Waals surface area contributed by atoms with E-state index in [0.29, 0.717) is 23.2 Å². The fraction of sp³-hybridized carbons (Fsp3) is 0.188. The highest BCUT2D eigenvalue weighted by Gasteiger charge is 2.14. The minimum atomic E-state index is -0.422. The Bertz CT molecular complexity index is 633. The van der Waals surface area contributed by atoms with Crippen molar-refractivity contribution in [1.82, 2.24) is 0 Å². The van der Waals surface area contributed by atoms with E-state index in [4.69, 9.17) is 4.74 Å². The van der Waals surface area contributed by atoms with E-state index in [1.165, 1.54) is 12.1 Å². The molecule has 0 aliphatic carbocycles. The third-order valence-corrected chi connectivity index (χ3v) is 3.07. The van der Waals surface area contributed by atoms with Crippen molar-refractivity contribution < 1.29 is 13.9 Å². The normalized spacial score (nSPS) is 10.3. The Morgan fingerprint density at radius 1 is 1.16 bits per heavy atom. The van der Waals surface area contributed by atoms with Gasteiger partial charge in [0.1, 0.15) is 11.6 Å². The van der Waals surface area contributed by atoms with Gasteiger partial charge >= 0.3 is 0 Å². The molecule has 0 bridgehead atoms. The van der Waals surface area contributed by atoms with Gasteiger partial charge in [0.2, 0.25) is 0 Å². The third kappa shape index (κ3) is 2.50. The predicted molar refractivity (Wildman–Crippen MR) is 73.2 cm³/mol. The van der Waals surface area contributed by atoms with Crippen molar-refractivity contribution in [3.05, 3.63) is 52.8 Å². The van der Waals surface area contributed by atoms with Crippen LogP contribution < -0.4 is 4.74 Å². The zero-order valence-electron chi connectivity index (χ0n) is 11.2. The van der Waals surface area contributed by atoms with E-state index in [1.807, 2.05) is 26.0 Å². The average Bonchev–Trinajstić information content (AvgIpc) is 2.38. The maximum absolute atomic E-state index is 13.2. The van der Waals surface area contributed by atoms with Crippen LogP contribution in [0, 0.1) is 19.7 Å². The molecule has 0 heterocycles. The fourth-order valence-corrected chi connectivity index (χ4v) is 2.29. The molecule has 3 heteroatoms. The molecule has 0 amide bonds. The van der Waals surface area contributed by atoms with Crippen LogP contribution in [-0.4, -0.2) is 13.4 Å². The number of ether oxygens (including phenoxy) is 1. The molecule has 98 valence electrons. The van der Waals surface area contributed by atoms with Crippen molar-refractivity contribution in [2.45, 2.75) is 13.8 Å². The summed E-state index contributed by atoms with van der Waals surface area (Å²) in [4.78, 5) is 11.1. The lowest BCUT2D eigenvalue weighted by Crippen LogP contribution is -1.96. The van der Waals surface area contributed by atoms with Crippen molar-refractivity contribution in [1.29, 1.82) is 0 Å². The first-order valence-electron chi connectivity index (χ1n) is 5.97. The number of aldehydes is 1. The lowest BCUT2D eigenvalue weighted by molar-refractivity contribution is 0.112. The van der Waals surface area contributed by atoms with E-state index in [-0.39, 0.29) is 0 Å². The van der Waals surface area contributed by atoms with Crippen molar-refractivity contribution in [3.63, 3.8) is 0 Å². The van der Waals surface area contributed by atoms with Crippen LogP contribution in [0.25, 0.3) is 11.1 Å². The standard InChI is InChI=1S/C16H15FO2/c1-10-6-11(2)16(15(7-10)19-3)14-5-4-13(17)8-12(14)9-18/h4-9H,1-3H3. The Morgan fingerprint density at radius 2 is 1.89 bits per heavy atom.